The molecule has 0 spiro atoms. The normalized spacial score (nSPS) is 11.6. The maximum Gasteiger partial charge on any atom is 0.255 e. The molecule has 0 aliphatic carbocycles. The van der Waals surface area contributed by atoms with E-state index in [1.807, 2.05) is 20.8 Å². The maximum atomic E-state index is 12.4. The predicted molar refractivity (Wildman–Crippen MR) is 107 cm³/mol. The fourth-order valence-electron chi connectivity index (χ4n) is 2.10. The van der Waals surface area contributed by atoms with Crippen molar-refractivity contribution in [1.29, 1.82) is 0 Å². The SMILES string of the molecule is CC(C)(C)C(=O)Nc1ccc(NC(=O)c2cccc(NS(C)(=O)=O)c2)cc1. The van der Waals surface area contributed by atoms with Crippen molar-refractivity contribution in [3.05, 3.63) is 54.1 Å². The molecule has 0 fully saturated rings. The number of carbonyl (C=O) groups is 2. The predicted octanol–water partition coefficient (Wildman–Crippen LogP) is 3.30. The van der Waals surface area contributed by atoms with E-state index in [0.717, 1.165) is 6.26 Å². The Labute approximate surface area is 159 Å². The van der Waals surface area contributed by atoms with Crippen LogP contribution >= 0.6 is 0 Å². The minimum atomic E-state index is -3.42. The van der Waals surface area contributed by atoms with Crippen molar-refractivity contribution in [2.75, 3.05) is 21.6 Å². The van der Waals surface area contributed by atoms with E-state index in [1.54, 1.807) is 42.5 Å². The summed E-state index contributed by atoms with van der Waals surface area (Å²) in [4.78, 5) is 24.4. The molecule has 2 amide bonds. The molecule has 8 heteroatoms. The van der Waals surface area contributed by atoms with E-state index in [9.17, 15) is 18.0 Å². The second kappa shape index (κ2) is 7.79. The Kier molecular flexibility index (Phi) is 5.90. The van der Waals surface area contributed by atoms with Gasteiger partial charge in [0.2, 0.25) is 15.9 Å². The third-order valence-electron chi connectivity index (χ3n) is 3.51. The minimum absolute atomic E-state index is 0.102. The molecular formula is C19H23N3O4S. The van der Waals surface area contributed by atoms with Gasteiger partial charge in [-0.25, -0.2) is 8.42 Å². The summed E-state index contributed by atoms with van der Waals surface area (Å²) in [5, 5.41) is 5.54. The summed E-state index contributed by atoms with van der Waals surface area (Å²) in [5.41, 5.74) is 1.31. The standard InChI is InChI=1S/C19H23N3O4S/c1-19(2,3)18(24)21-15-10-8-14(9-11-15)20-17(23)13-6-5-7-16(12-13)22-27(4,25)26/h5-12,22H,1-4H3,(H,20,23)(H,21,24). The molecule has 0 aliphatic heterocycles. The lowest BCUT2D eigenvalue weighted by molar-refractivity contribution is -0.123. The van der Waals surface area contributed by atoms with Gasteiger partial charge in [-0.1, -0.05) is 26.8 Å². The average Bonchev–Trinajstić information content (AvgIpc) is 2.54. The van der Waals surface area contributed by atoms with Crippen molar-refractivity contribution < 1.29 is 18.0 Å². The van der Waals surface area contributed by atoms with Crippen LogP contribution in [-0.2, 0) is 14.8 Å². The molecule has 144 valence electrons. The lowest BCUT2D eigenvalue weighted by atomic mass is 9.95. The van der Waals surface area contributed by atoms with Crippen molar-refractivity contribution >= 4 is 38.9 Å². The lowest BCUT2D eigenvalue weighted by Crippen LogP contribution is -2.27. The van der Waals surface area contributed by atoms with Crippen LogP contribution in [0, 0.1) is 5.41 Å². The van der Waals surface area contributed by atoms with Gasteiger partial charge in [-0.3, -0.25) is 14.3 Å². The number of hydrogen-bond acceptors (Lipinski definition) is 4. The highest BCUT2D eigenvalue weighted by atomic mass is 32.2. The second-order valence-electron chi connectivity index (χ2n) is 7.19. The van der Waals surface area contributed by atoms with Crippen LogP contribution in [0.2, 0.25) is 0 Å². The van der Waals surface area contributed by atoms with Gasteiger partial charge in [0.1, 0.15) is 0 Å². The Morgan fingerprint density at radius 2 is 1.41 bits per heavy atom. The summed E-state index contributed by atoms with van der Waals surface area (Å²) in [6, 6.07) is 12.9. The van der Waals surface area contributed by atoms with Gasteiger partial charge < -0.3 is 10.6 Å². The number of benzene rings is 2. The summed E-state index contributed by atoms with van der Waals surface area (Å²) in [6.07, 6.45) is 1.04. The quantitative estimate of drug-likeness (QED) is 0.730. The molecule has 0 aromatic heterocycles. The highest BCUT2D eigenvalue weighted by molar-refractivity contribution is 7.92. The Morgan fingerprint density at radius 3 is 1.93 bits per heavy atom. The van der Waals surface area contributed by atoms with E-state index in [0.29, 0.717) is 22.6 Å². The molecule has 0 bridgehead atoms. The van der Waals surface area contributed by atoms with Crippen molar-refractivity contribution in [3.63, 3.8) is 0 Å². The Morgan fingerprint density at radius 1 is 0.852 bits per heavy atom. The topological polar surface area (TPSA) is 104 Å². The monoisotopic (exact) mass is 389 g/mol. The number of anilines is 3. The molecule has 27 heavy (non-hydrogen) atoms. The first kappa shape index (κ1) is 20.4. The van der Waals surface area contributed by atoms with Crippen molar-refractivity contribution in [1.82, 2.24) is 0 Å². The summed E-state index contributed by atoms with van der Waals surface area (Å²) in [7, 11) is -3.42. The zero-order valence-electron chi connectivity index (χ0n) is 15.7. The molecule has 0 unspecified atom stereocenters. The molecule has 0 saturated heterocycles. The van der Waals surface area contributed by atoms with Gasteiger partial charge in [0.25, 0.3) is 5.91 Å². The molecule has 0 heterocycles. The van der Waals surface area contributed by atoms with Crippen LogP contribution in [0.5, 0.6) is 0 Å². The fourth-order valence-corrected chi connectivity index (χ4v) is 2.65. The lowest BCUT2D eigenvalue weighted by Gasteiger charge is -2.17. The van der Waals surface area contributed by atoms with Gasteiger partial charge in [0.15, 0.2) is 0 Å². The number of hydrogen-bond donors (Lipinski definition) is 3. The van der Waals surface area contributed by atoms with Crippen LogP contribution in [0.3, 0.4) is 0 Å². The van der Waals surface area contributed by atoms with Crippen LogP contribution in [0.25, 0.3) is 0 Å². The molecule has 3 N–H and O–H groups in total. The van der Waals surface area contributed by atoms with Crippen LogP contribution in [0.15, 0.2) is 48.5 Å². The first-order chi connectivity index (χ1) is 12.4. The van der Waals surface area contributed by atoms with Crippen molar-refractivity contribution in [2.45, 2.75) is 20.8 Å². The zero-order valence-corrected chi connectivity index (χ0v) is 16.5. The van der Waals surface area contributed by atoms with Crippen molar-refractivity contribution in [3.8, 4) is 0 Å². The summed E-state index contributed by atoms with van der Waals surface area (Å²) in [6.45, 7) is 5.47. The third-order valence-corrected chi connectivity index (χ3v) is 4.12. The first-order valence-electron chi connectivity index (χ1n) is 8.25. The minimum Gasteiger partial charge on any atom is -0.326 e. The maximum absolute atomic E-state index is 12.4. The van der Waals surface area contributed by atoms with E-state index >= 15 is 0 Å². The largest absolute Gasteiger partial charge is 0.326 e. The molecule has 0 radical (unpaired) electrons. The average molecular weight is 389 g/mol. The highest BCUT2D eigenvalue weighted by Crippen LogP contribution is 2.20. The number of carbonyl (C=O) groups excluding carboxylic acids is 2. The van der Waals surface area contributed by atoms with Crippen LogP contribution in [0.1, 0.15) is 31.1 Å². The summed E-state index contributed by atoms with van der Waals surface area (Å²) in [5.74, 6) is -0.479. The molecule has 0 saturated carbocycles. The zero-order chi connectivity index (χ0) is 20.2. The molecule has 2 aromatic rings. The smallest absolute Gasteiger partial charge is 0.255 e. The van der Waals surface area contributed by atoms with E-state index in [-0.39, 0.29) is 11.8 Å². The van der Waals surface area contributed by atoms with E-state index < -0.39 is 15.4 Å². The molecule has 7 nitrogen and oxygen atoms in total. The molecular weight excluding hydrogens is 366 g/mol. The van der Waals surface area contributed by atoms with Gasteiger partial charge in [-0.2, -0.15) is 0 Å². The van der Waals surface area contributed by atoms with Gasteiger partial charge >= 0.3 is 0 Å². The second-order valence-corrected chi connectivity index (χ2v) is 8.94. The van der Waals surface area contributed by atoms with E-state index in [4.69, 9.17) is 0 Å². The highest BCUT2D eigenvalue weighted by Gasteiger charge is 2.21. The third kappa shape index (κ3) is 6.41. The van der Waals surface area contributed by atoms with Gasteiger partial charge in [0, 0.05) is 28.0 Å². The Balaban J connectivity index is 2.06. The molecule has 2 aromatic carbocycles. The number of amides is 2. The van der Waals surface area contributed by atoms with Gasteiger partial charge in [-0.15, -0.1) is 0 Å². The molecule has 2 rings (SSSR count). The number of sulfonamides is 1. The van der Waals surface area contributed by atoms with Crippen molar-refractivity contribution in [2.24, 2.45) is 5.41 Å². The summed E-state index contributed by atoms with van der Waals surface area (Å²) >= 11 is 0. The van der Waals surface area contributed by atoms with Gasteiger partial charge in [-0.05, 0) is 42.5 Å². The Hall–Kier alpha value is -2.87. The van der Waals surface area contributed by atoms with Crippen LogP contribution in [0.4, 0.5) is 17.1 Å². The number of nitrogens with one attached hydrogen (secondary N) is 3. The Bertz CT molecular complexity index is 946. The fraction of sp³-hybridized carbons (Fsp3) is 0.263. The van der Waals surface area contributed by atoms with Gasteiger partial charge in [0.05, 0.1) is 6.26 Å². The summed E-state index contributed by atoms with van der Waals surface area (Å²) < 4.78 is 24.9. The molecule has 0 aliphatic rings. The van der Waals surface area contributed by atoms with E-state index in [1.165, 1.54) is 6.07 Å². The van der Waals surface area contributed by atoms with Crippen LogP contribution < -0.4 is 15.4 Å². The molecule has 0 atom stereocenters. The van der Waals surface area contributed by atoms with Crippen LogP contribution in [-0.4, -0.2) is 26.5 Å². The number of rotatable bonds is 5. The first-order valence-corrected chi connectivity index (χ1v) is 10.1. The van der Waals surface area contributed by atoms with E-state index in [2.05, 4.69) is 15.4 Å².